The van der Waals surface area contributed by atoms with Crippen LogP contribution in [-0.4, -0.2) is 56.8 Å². The number of carboxylic acid groups (broad SMARTS) is 1. The summed E-state index contributed by atoms with van der Waals surface area (Å²) in [7, 11) is 0. The van der Waals surface area contributed by atoms with Gasteiger partial charge in [0, 0.05) is 43.4 Å². The van der Waals surface area contributed by atoms with Crippen molar-refractivity contribution in [3.63, 3.8) is 0 Å². The standard InChI is InChI=1S/C26H33ClN4O4S/c1-15(2)30-11-9-18(10-12-30)28-26(34)25-16(3)20(5-8-24(32)33)17(4)31(25)14-19-13-21(35-29-19)22-6-7-23(27)36-22/h6-7,13,15,18H,5,8-12,14H2,1-4H3,(H,28,34)(H,32,33). The molecule has 8 nitrogen and oxygen atoms in total. The summed E-state index contributed by atoms with van der Waals surface area (Å²) < 4.78 is 8.16. The van der Waals surface area contributed by atoms with Crippen molar-refractivity contribution < 1.29 is 19.2 Å². The summed E-state index contributed by atoms with van der Waals surface area (Å²) in [6, 6.07) is 6.16. The van der Waals surface area contributed by atoms with Gasteiger partial charge in [0.25, 0.3) is 5.91 Å². The smallest absolute Gasteiger partial charge is 0.303 e. The van der Waals surface area contributed by atoms with Crippen LogP contribution in [0.2, 0.25) is 4.34 Å². The lowest BCUT2D eigenvalue weighted by molar-refractivity contribution is -0.136. The van der Waals surface area contributed by atoms with Crippen molar-refractivity contribution >= 4 is 34.8 Å². The summed E-state index contributed by atoms with van der Waals surface area (Å²) in [6.07, 6.45) is 2.19. The van der Waals surface area contributed by atoms with Gasteiger partial charge >= 0.3 is 5.97 Å². The van der Waals surface area contributed by atoms with Crippen LogP contribution in [0.15, 0.2) is 22.7 Å². The fourth-order valence-corrected chi connectivity index (χ4v) is 5.95. The molecule has 1 fully saturated rings. The molecule has 1 saturated heterocycles. The Labute approximate surface area is 220 Å². The highest BCUT2D eigenvalue weighted by molar-refractivity contribution is 7.19. The van der Waals surface area contributed by atoms with E-state index >= 15 is 0 Å². The normalized spacial score (nSPS) is 15.1. The third kappa shape index (κ3) is 5.85. The molecule has 1 aliphatic rings. The number of carboxylic acids is 1. The first kappa shape index (κ1) is 26.4. The van der Waals surface area contributed by atoms with Crippen LogP contribution in [0.25, 0.3) is 10.6 Å². The fourth-order valence-electron chi connectivity index (χ4n) is 4.96. The van der Waals surface area contributed by atoms with Gasteiger partial charge in [0.05, 0.1) is 15.8 Å². The molecule has 3 aromatic heterocycles. The first-order valence-electron chi connectivity index (χ1n) is 12.3. The zero-order chi connectivity index (χ0) is 26.0. The fraction of sp³-hybridized carbons (Fsp3) is 0.500. The number of piperidine rings is 1. The molecule has 1 aliphatic heterocycles. The third-order valence-electron chi connectivity index (χ3n) is 7.01. The van der Waals surface area contributed by atoms with E-state index < -0.39 is 5.97 Å². The van der Waals surface area contributed by atoms with E-state index in [9.17, 15) is 14.7 Å². The van der Waals surface area contributed by atoms with E-state index in [2.05, 4.69) is 29.2 Å². The maximum Gasteiger partial charge on any atom is 0.303 e. The van der Waals surface area contributed by atoms with Crippen LogP contribution in [-0.2, 0) is 17.8 Å². The number of amides is 1. The van der Waals surface area contributed by atoms with E-state index in [1.807, 2.05) is 36.6 Å². The summed E-state index contributed by atoms with van der Waals surface area (Å²) in [4.78, 5) is 28.1. The number of thiophene rings is 1. The zero-order valence-electron chi connectivity index (χ0n) is 21.1. The number of aliphatic carboxylic acids is 1. The van der Waals surface area contributed by atoms with Crippen molar-refractivity contribution in [3.05, 3.63) is 50.7 Å². The van der Waals surface area contributed by atoms with Gasteiger partial charge in [-0.05, 0) is 70.2 Å². The monoisotopic (exact) mass is 532 g/mol. The molecule has 0 atom stereocenters. The zero-order valence-corrected chi connectivity index (χ0v) is 22.7. The maximum absolute atomic E-state index is 13.6. The third-order valence-corrected chi connectivity index (χ3v) is 8.26. The molecule has 10 heteroatoms. The van der Waals surface area contributed by atoms with Crippen molar-refractivity contribution in [1.82, 2.24) is 19.9 Å². The molecule has 0 saturated carbocycles. The molecular weight excluding hydrogens is 500 g/mol. The van der Waals surface area contributed by atoms with Crippen LogP contribution in [0, 0.1) is 13.8 Å². The van der Waals surface area contributed by atoms with E-state index in [1.165, 1.54) is 11.3 Å². The summed E-state index contributed by atoms with van der Waals surface area (Å²) in [5.74, 6) is -0.369. The predicted molar refractivity (Wildman–Crippen MR) is 141 cm³/mol. The van der Waals surface area contributed by atoms with Crippen LogP contribution in [0.5, 0.6) is 0 Å². The van der Waals surface area contributed by atoms with Crippen molar-refractivity contribution in [1.29, 1.82) is 0 Å². The summed E-state index contributed by atoms with van der Waals surface area (Å²) in [5.41, 5.74) is 3.82. The number of aromatic nitrogens is 2. The van der Waals surface area contributed by atoms with Crippen LogP contribution < -0.4 is 5.32 Å². The van der Waals surface area contributed by atoms with Crippen LogP contribution in [0.3, 0.4) is 0 Å². The number of hydrogen-bond acceptors (Lipinski definition) is 6. The predicted octanol–water partition coefficient (Wildman–Crippen LogP) is 5.14. The van der Waals surface area contributed by atoms with E-state index in [-0.39, 0.29) is 18.4 Å². The highest BCUT2D eigenvalue weighted by Crippen LogP contribution is 2.32. The van der Waals surface area contributed by atoms with Gasteiger partial charge in [-0.3, -0.25) is 9.59 Å². The van der Waals surface area contributed by atoms with Gasteiger partial charge in [0.2, 0.25) is 0 Å². The Morgan fingerprint density at radius 2 is 2.00 bits per heavy atom. The lowest BCUT2D eigenvalue weighted by atomic mass is 10.0. The summed E-state index contributed by atoms with van der Waals surface area (Å²) >= 11 is 7.47. The lowest BCUT2D eigenvalue weighted by Gasteiger charge is -2.34. The number of carbonyl (C=O) groups excluding carboxylic acids is 1. The van der Waals surface area contributed by atoms with E-state index in [0.29, 0.717) is 40.5 Å². The molecule has 36 heavy (non-hydrogen) atoms. The number of carbonyl (C=O) groups is 2. The van der Waals surface area contributed by atoms with Gasteiger partial charge in [-0.15, -0.1) is 11.3 Å². The molecule has 0 unspecified atom stereocenters. The summed E-state index contributed by atoms with van der Waals surface area (Å²) in [6.45, 7) is 10.5. The Hall–Kier alpha value is -2.62. The van der Waals surface area contributed by atoms with Crippen molar-refractivity contribution in [3.8, 4) is 10.6 Å². The number of halogens is 1. The molecule has 0 bridgehead atoms. The van der Waals surface area contributed by atoms with Crippen molar-refractivity contribution in [2.24, 2.45) is 0 Å². The summed E-state index contributed by atoms with van der Waals surface area (Å²) in [5, 5.41) is 16.7. The van der Waals surface area contributed by atoms with Crippen molar-refractivity contribution in [2.45, 2.75) is 72.0 Å². The number of hydrogen-bond donors (Lipinski definition) is 2. The molecule has 0 aromatic carbocycles. The molecule has 3 aromatic rings. The molecular formula is C26H33ClN4O4S. The van der Waals surface area contributed by atoms with Gasteiger partial charge in [-0.1, -0.05) is 16.8 Å². The Morgan fingerprint density at radius 1 is 1.28 bits per heavy atom. The maximum atomic E-state index is 13.6. The van der Waals surface area contributed by atoms with E-state index in [4.69, 9.17) is 16.1 Å². The second-order valence-corrected chi connectivity index (χ2v) is 11.4. The molecule has 1 amide bonds. The Morgan fingerprint density at radius 3 is 2.61 bits per heavy atom. The number of likely N-dealkylation sites (tertiary alicyclic amines) is 1. The first-order chi connectivity index (χ1) is 17.1. The van der Waals surface area contributed by atoms with Crippen LogP contribution in [0.4, 0.5) is 0 Å². The largest absolute Gasteiger partial charge is 0.481 e. The Bertz CT molecular complexity index is 1240. The second kappa shape index (κ2) is 11.2. The highest BCUT2D eigenvalue weighted by Gasteiger charge is 2.27. The number of nitrogens with zero attached hydrogens (tertiary/aromatic N) is 3. The Balaban J connectivity index is 1.59. The molecule has 194 valence electrons. The van der Waals surface area contributed by atoms with Crippen LogP contribution >= 0.6 is 22.9 Å². The van der Waals surface area contributed by atoms with Gasteiger partial charge in [-0.2, -0.15) is 0 Å². The molecule has 0 aliphatic carbocycles. The second-order valence-electron chi connectivity index (χ2n) is 9.68. The van der Waals surface area contributed by atoms with Crippen molar-refractivity contribution in [2.75, 3.05) is 13.1 Å². The average molecular weight is 533 g/mol. The molecule has 4 heterocycles. The van der Waals surface area contributed by atoms with E-state index in [0.717, 1.165) is 47.6 Å². The SMILES string of the molecule is Cc1c(CCC(=O)O)c(C)n(Cc2cc(-c3ccc(Cl)s3)on2)c1C(=O)NC1CCN(C(C)C)CC1. The number of nitrogens with one attached hydrogen (secondary N) is 1. The average Bonchev–Trinajstić information content (AvgIpc) is 3.52. The first-order valence-corrected chi connectivity index (χ1v) is 13.5. The van der Waals surface area contributed by atoms with Gasteiger partial charge in [0.15, 0.2) is 5.76 Å². The molecule has 2 N–H and O–H groups in total. The van der Waals surface area contributed by atoms with Gasteiger partial charge < -0.3 is 24.4 Å². The van der Waals surface area contributed by atoms with Gasteiger partial charge in [0.1, 0.15) is 11.4 Å². The minimum Gasteiger partial charge on any atom is -0.481 e. The van der Waals surface area contributed by atoms with Crippen LogP contribution in [0.1, 0.15) is 66.1 Å². The van der Waals surface area contributed by atoms with E-state index in [1.54, 1.807) is 0 Å². The quantitative estimate of drug-likeness (QED) is 0.395. The minimum atomic E-state index is -0.861. The Kier molecular flexibility index (Phi) is 8.22. The van der Waals surface area contributed by atoms with Gasteiger partial charge in [-0.25, -0.2) is 0 Å². The topological polar surface area (TPSA) is 101 Å². The lowest BCUT2D eigenvalue weighted by Crippen LogP contribution is -2.47. The molecule has 4 rings (SSSR count). The highest BCUT2D eigenvalue weighted by atomic mass is 35.5. The molecule has 0 radical (unpaired) electrons. The number of rotatable bonds is 9. The molecule has 0 spiro atoms. The minimum absolute atomic E-state index is 0.00760.